The summed E-state index contributed by atoms with van der Waals surface area (Å²) in [5.74, 6) is 1.54. The molecule has 86 valence electrons. The molecule has 1 aromatic carbocycles. The minimum Gasteiger partial charge on any atom is -0.497 e. The number of methoxy groups -OCH3 is 1. The number of hydrogen-bond acceptors (Lipinski definition) is 3. The molecule has 1 aromatic heterocycles. The SMILES string of the molecule is COc1ccc2oc(C(O)C(C)C)cc2c1. The van der Waals surface area contributed by atoms with Crippen molar-refractivity contribution in [3.63, 3.8) is 0 Å². The standard InChI is InChI=1S/C13H16O3/c1-8(2)13(14)12-7-9-6-10(15-3)4-5-11(9)16-12/h4-8,13-14H,1-3H3. The van der Waals surface area contributed by atoms with Gasteiger partial charge in [0.15, 0.2) is 0 Å². The fourth-order valence-electron chi connectivity index (χ4n) is 1.64. The molecule has 1 heterocycles. The van der Waals surface area contributed by atoms with Crippen molar-refractivity contribution >= 4 is 11.0 Å². The quantitative estimate of drug-likeness (QED) is 0.864. The lowest BCUT2D eigenvalue weighted by atomic mass is 10.1. The first-order valence-corrected chi connectivity index (χ1v) is 5.37. The van der Waals surface area contributed by atoms with Crippen LogP contribution in [0.1, 0.15) is 25.7 Å². The molecule has 2 rings (SSSR count). The molecule has 0 aliphatic heterocycles. The van der Waals surface area contributed by atoms with E-state index in [0.717, 1.165) is 16.7 Å². The molecule has 0 spiro atoms. The van der Waals surface area contributed by atoms with Crippen molar-refractivity contribution in [3.8, 4) is 5.75 Å². The first-order valence-electron chi connectivity index (χ1n) is 5.37. The van der Waals surface area contributed by atoms with Gasteiger partial charge < -0.3 is 14.3 Å². The lowest BCUT2D eigenvalue weighted by Crippen LogP contribution is -2.03. The molecular weight excluding hydrogens is 204 g/mol. The van der Waals surface area contributed by atoms with Crippen LogP contribution in [0.15, 0.2) is 28.7 Å². The number of aliphatic hydroxyl groups is 1. The van der Waals surface area contributed by atoms with Crippen molar-refractivity contribution in [1.29, 1.82) is 0 Å². The minimum absolute atomic E-state index is 0.141. The largest absolute Gasteiger partial charge is 0.497 e. The highest BCUT2D eigenvalue weighted by atomic mass is 16.5. The molecule has 0 aliphatic carbocycles. The normalized spacial score (nSPS) is 13.3. The summed E-state index contributed by atoms with van der Waals surface area (Å²) >= 11 is 0. The van der Waals surface area contributed by atoms with E-state index in [1.54, 1.807) is 7.11 Å². The zero-order chi connectivity index (χ0) is 11.7. The van der Waals surface area contributed by atoms with Crippen LogP contribution in [0.25, 0.3) is 11.0 Å². The van der Waals surface area contributed by atoms with E-state index in [0.29, 0.717) is 5.76 Å². The monoisotopic (exact) mass is 220 g/mol. The van der Waals surface area contributed by atoms with Gasteiger partial charge in [-0.05, 0) is 30.2 Å². The Labute approximate surface area is 94.6 Å². The molecular formula is C13H16O3. The van der Waals surface area contributed by atoms with Gasteiger partial charge in [-0.3, -0.25) is 0 Å². The van der Waals surface area contributed by atoms with Crippen LogP contribution < -0.4 is 4.74 Å². The molecule has 0 aliphatic rings. The summed E-state index contributed by atoms with van der Waals surface area (Å²) in [6.45, 7) is 3.91. The van der Waals surface area contributed by atoms with Gasteiger partial charge >= 0.3 is 0 Å². The van der Waals surface area contributed by atoms with Crippen molar-refractivity contribution in [1.82, 2.24) is 0 Å². The molecule has 0 radical (unpaired) electrons. The van der Waals surface area contributed by atoms with Crippen LogP contribution in [0.5, 0.6) is 5.75 Å². The van der Waals surface area contributed by atoms with Gasteiger partial charge in [0.1, 0.15) is 23.2 Å². The smallest absolute Gasteiger partial charge is 0.134 e. The Kier molecular flexibility index (Phi) is 2.88. The first kappa shape index (κ1) is 11.0. The average molecular weight is 220 g/mol. The van der Waals surface area contributed by atoms with Crippen LogP contribution >= 0.6 is 0 Å². The van der Waals surface area contributed by atoms with Gasteiger partial charge in [0, 0.05) is 5.39 Å². The Morgan fingerprint density at radius 2 is 2.00 bits per heavy atom. The summed E-state index contributed by atoms with van der Waals surface area (Å²) in [5, 5.41) is 10.9. The summed E-state index contributed by atoms with van der Waals surface area (Å²) in [4.78, 5) is 0. The van der Waals surface area contributed by atoms with Crippen molar-refractivity contribution in [3.05, 3.63) is 30.0 Å². The molecule has 16 heavy (non-hydrogen) atoms. The number of fused-ring (bicyclic) bond motifs is 1. The van der Waals surface area contributed by atoms with E-state index in [4.69, 9.17) is 9.15 Å². The second-order valence-electron chi connectivity index (χ2n) is 4.24. The first-order chi connectivity index (χ1) is 7.61. The Hall–Kier alpha value is -1.48. The summed E-state index contributed by atoms with van der Waals surface area (Å²) in [7, 11) is 1.63. The molecule has 1 N–H and O–H groups in total. The van der Waals surface area contributed by atoms with Gasteiger partial charge in [0.05, 0.1) is 7.11 Å². The predicted octanol–water partition coefficient (Wildman–Crippen LogP) is 3.13. The lowest BCUT2D eigenvalue weighted by Gasteiger charge is -2.10. The maximum Gasteiger partial charge on any atom is 0.134 e. The molecule has 0 saturated carbocycles. The van der Waals surface area contributed by atoms with E-state index in [1.165, 1.54) is 0 Å². The third-order valence-electron chi connectivity index (χ3n) is 2.67. The summed E-state index contributed by atoms with van der Waals surface area (Å²) < 4.78 is 10.7. The number of benzene rings is 1. The number of ether oxygens (including phenoxy) is 1. The Bertz CT molecular complexity index is 485. The molecule has 2 aromatic rings. The third kappa shape index (κ3) is 1.91. The molecule has 3 nitrogen and oxygen atoms in total. The van der Waals surface area contributed by atoms with Gasteiger partial charge in [0.2, 0.25) is 0 Å². The highest BCUT2D eigenvalue weighted by Crippen LogP contribution is 2.29. The van der Waals surface area contributed by atoms with E-state index in [-0.39, 0.29) is 5.92 Å². The van der Waals surface area contributed by atoms with Crippen LogP contribution in [-0.4, -0.2) is 12.2 Å². The number of aliphatic hydroxyl groups excluding tert-OH is 1. The van der Waals surface area contributed by atoms with Crippen LogP contribution in [0.4, 0.5) is 0 Å². The second kappa shape index (κ2) is 4.18. The van der Waals surface area contributed by atoms with Crippen LogP contribution in [-0.2, 0) is 0 Å². The Morgan fingerprint density at radius 1 is 1.25 bits per heavy atom. The van der Waals surface area contributed by atoms with Crippen LogP contribution in [0.3, 0.4) is 0 Å². The Balaban J connectivity index is 2.43. The number of rotatable bonds is 3. The van der Waals surface area contributed by atoms with E-state index in [9.17, 15) is 5.11 Å². The maximum absolute atomic E-state index is 9.90. The van der Waals surface area contributed by atoms with E-state index in [2.05, 4.69) is 0 Å². The van der Waals surface area contributed by atoms with Gasteiger partial charge in [-0.1, -0.05) is 13.8 Å². The molecule has 1 atom stereocenters. The summed E-state index contributed by atoms with van der Waals surface area (Å²) in [6, 6.07) is 7.46. The molecule has 3 heteroatoms. The zero-order valence-corrected chi connectivity index (χ0v) is 9.73. The molecule has 1 unspecified atom stereocenters. The van der Waals surface area contributed by atoms with Gasteiger partial charge in [-0.15, -0.1) is 0 Å². The van der Waals surface area contributed by atoms with Gasteiger partial charge in [-0.2, -0.15) is 0 Å². The zero-order valence-electron chi connectivity index (χ0n) is 9.73. The fraction of sp³-hybridized carbons (Fsp3) is 0.385. The molecule has 0 bridgehead atoms. The highest BCUT2D eigenvalue weighted by Gasteiger charge is 2.16. The predicted molar refractivity (Wildman–Crippen MR) is 62.6 cm³/mol. The Morgan fingerprint density at radius 3 is 2.62 bits per heavy atom. The van der Waals surface area contributed by atoms with Crippen molar-refractivity contribution in [2.24, 2.45) is 5.92 Å². The average Bonchev–Trinajstić information content (AvgIpc) is 2.69. The van der Waals surface area contributed by atoms with Crippen molar-refractivity contribution in [2.75, 3.05) is 7.11 Å². The third-order valence-corrected chi connectivity index (χ3v) is 2.67. The highest BCUT2D eigenvalue weighted by molar-refractivity contribution is 5.79. The van der Waals surface area contributed by atoms with Crippen molar-refractivity contribution < 1.29 is 14.3 Å². The van der Waals surface area contributed by atoms with E-state index in [1.807, 2.05) is 38.1 Å². The summed E-state index contributed by atoms with van der Waals surface area (Å²) in [6.07, 6.45) is -0.557. The van der Waals surface area contributed by atoms with Gasteiger partial charge in [0.25, 0.3) is 0 Å². The fourth-order valence-corrected chi connectivity index (χ4v) is 1.64. The second-order valence-corrected chi connectivity index (χ2v) is 4.24. The van der Waals surface area contributed by atoms with Gasteiger partial charge in [-0.25, -0.2) is 0 Å². The van der Waals surface area contributed by atoms with Crippen LogP contribution in [0.2, 0.25) is 0 Å². The lowest BCUT2D eigenvalue weighted by molar-refractivity contribution is 0.104. The molecule has 0 fully saturated rings. The molecule has 0 saturated heterocycles. The van der Waals surface area contributed by atoms with Crippen molar-refractivity contribution in [2.45, 2.75) is 20.0 Å². The number of furan rings is 1. The number of hydrogen-bond donors (Lipinski definition) is 1. The molecule has 0 amide bonds. The minimum atomic E-state index is -0.557. The summed E-state index contributed by atoms with van der Waals surface area (Å²) in [5.41, 5.74) is 0.774. The maximum atomic E-state index is 9.90. The van der Waals surface area contributed by atoms with Crippen LogP contribution in [0, 0.1) is 5.92 Å². The van der Waals surface area contributed by atoms with E-state index >= 15 is 0 Å². The van der Waals surface area contributed by atoms with E-state index < -0.39 is 6.10 Å². The topological polar surface area (TPSA) is 42.6 Å².